The van der Waals surface area contributed by atoms with Crippen LogP contribution in [0.5, 0.6) is 5.75 Å². The summed E-state index contributed by atoms with van der Waals surface area (Å²) < 4.78 is 5.20. The number of methoxy groups -OCH3 is 1. The fourth-order valence-electron chi connectivity index (χ4n) is 3.06. The van der Waals surface area contributed by atoms with Gasteiger partial charge in [-0.05, 0) is 36.8 Å². The molecule has 3 aromatic rings. The zero-order valence-corrected chi connectivity index (χ0v) is 13.5. The highest BCUT2D eigenvalue weighted by atomic mass is 16.5. The van der Waals surface area contributed by atoms with Gasteiger partial charge in [-0.1, -0.05) is 29.8 Å². The number of fused-ring (bicyclic) bond motifs is 1. The third kappa shape index (κ3) is 2.25. The van der Waals surface area contributed by atoms with Gasteiger partial charge in [0.05, 0.1) is 18.8 Å². The largest absolute Gasteiger partial charge is 0.497 e. The van der Waals surface area contributed by atoms with E-state index in [1.54, 1.807) is 7.11 Å². The fraction of sp³-hybridized carbons (Fsp3) is 0.158. The number of aryl methyl sites for hydroxylation is 1. The quantitative estimate of drug-likeness (QED) is 0.779. The summed E-state index contributed by atoms with van der Waals surface area (Å²) in [6.45, 7) is 2.04. The molecule has 1 aliphatic rings. The van der Waals surface area contributed by atoms with Crippen molar-refractivity contribution >= 4 is 5.91 Å². The molecule has 0 spiro atoms. The fourth-order valence-corrected chi connectivity index (χ4v) is 3.06. The highest BCUT2D eigenvalue weighted by Crippen LogP contribution is 2.37. The highest BCUT2D eigenvalue weighted by Gasteiger charge is 2.35. The minimum Gasteiger partial charge on any atom is -0.497 e. The first-order chi connectivity index (χ1) is 11.7. The van der Waals surface area contributed by atoms with Crippen LogP contribution in [0.3, 0.4) is 0 Å². The van der Waals surface area contributed by atoms with E-state index in [0.29, 0.717) is 5.69 Å². The first-order valence-corrected chi connectivity index (χ1v) is 7.77. The van der Waals surface area contributed by atoms with Gasteiger partial charge < -0.3 is 10.1 Å². The van der Waals surface area contributed by atoms with Crippen LogP contribution in [0, 0.1) is 6.92 Å². The number of nitrogens with one attached hydrogen (secondary N) is 2. The van der Waals surface area contributed by atoms with Gasteiger partial charge in [-0.25, -0.2) is 0 Å². The first-order valence-electron chi connectivity index (χ1n) is 7.77. The molecule has 2 heterocycles. The molecule has 0 bridgehead atoms. The summed E-state index contributed by atoms with van der Waals surface area (Å²) in [6, 6.07) is 15.7. The van der Waals surface area contributed by atoms with Gasteiger partial charge in [-0.3, -0.25) is 9.89 Å². The third-order valence-electron chi connectivity index (χ3n) is 4.37. The second-order valence-electron chi connectivity index (χ2n) is 5.91. The van der Waals surface area contributed by atoms with Crippen molar-refractivity contribution in [2.75, 3.05) is 7.11 Å². The van der Waals surface area contributed by atoms with E-state index >= 15 is 0 Å². The lowest BCUT2D eigenvalue weighted by molar-refractivity contribution is 0.0955. The van der Waals surface area contributed by atoms with Crippen LogP contribution in [0.4, 0.5) is 0 Å². The van der Waals surface area contributed by atoms with Gasteiger partial charge in [0.25, 0.3) is 5.91 Å². The van der Waals surface area contributed by atoms with Gasteiger partial charge in [0.2, 0.25) is 0 Å². The molecule has 1 aromatic heterocycles. The molecule has 0 saturated carbocycles. The maximum atomic E-state index is 12.3. The lowest BCUT2D eigenvalue weighted by Crippen LogP contribution is -2.21. The summed E-state index contributed by atoms with van der Waals surface area (Å²) in [7, 11) is 1.64. The number of carbonyl (C=O) groups excluding carboxylic acids is 1. The Hall–Kier alpha value is -3.08. The van der Waals surface area contributed by atoms with Crippen molar-refractivity contribution in [3.05, 3.63) is 70.9 Å². The Bertz CT molecular complexity index is 895. The minimum atomic E-state index is -0.191. The summed E-state index contributed by atoms with van der Waals surface area (Å²) in [5.41, 5.74) is 5.40. The van der Waals surface area contributed by atoms with Crippen LogP contribution in [0.2, 0.25) is 0 Å². The van der Waals surface area contributed by atoms with Crippen molar-refractivity contribution in [3.8, 4) is 17.0 Å². The van der Waals surface area contributed by atoms with Crippen LogP contribution in [0.25, 0.3) is 11.3 Å². The number of hydrogen-bond donors (Lipinski definition) is 2. The second kappa shape index (κ2) is 5.53. The SMILES string of the molecule is COc1ccc(-c2n[nH]c3c2[C@@H](c2ccc(C)cc2)NC3=O)cc1. The van der Waals surface area contributed by atoms with E-state index in [1.807, 2.05) is 55.5 Å². The van der Waals surface area contributed by atoms with Crippen molar-refractivity contribution in [3.63, 3.8) is 0 Å². The average molecular weight is 319 g/mol. The van der Waals surface area contributed by atoms with Crippen LogP contribution in [-0.2, 0) is 0 Å². The van der Waals surface area contributed by atoms with Gasteiger partial charge in [-0.2, -0.15) is 5.10 Å². The normalized spacial score (nSPS) is 15.9. The van der Waals surface area contributed by atoms with Crippen LogP contribution < -0.4 is 10.1 Å². The van der Waals surface area contributed by atoms with E-state index in [0.717, 1.165) is 28.1 Å². The van der Waals surface area contributed by atoms with E-state index in [4.69, 9.17) is 4.74 Å². The van der Waals surface area contributed by atoms with Gasteiger partial charge in [0.15, 0.2) is 0 Å². The summed E-state index contributed by atoms with van der Waals surface area (Å²) >= 11 is 0. The van der Waals surface area contributed by atoms with Crippen LogP contribution >= 0.6 is 0 Å². The van der Waals surface area contributed by atoms with E-state index < -0.39 is 0 Å². The smallest absolute Gasteiger partial charge is 0.270 e. The Morgan fingerprint density at radius 3 is 2.42 bits per heavy atom. The third-order valence-corrected chi connectivity index (χ3v) is 4.37. The van der Waals surface area contributed by atoms with Crippen LogP contribution in [0.1, 0.15) is 33.2 Å². The molecule has 0 aliphatic carbocycles. The molecule has 5 nitrogen and oxygen atoms in total. The lowest BCUT2D eigenvalue weighted by Gasteiger charge is -2.13. The molecule has 2 N–H and O–H groups in total. The number of aromatic amines is 1. The van der Waals surface area contributed by atoms with Crippen molar-refractivity contribution < 1.29 is 9.53 Å². The number of benzene rings is 2. The Morgan fingerprint density at radius 2 is 1.75 bits per heavy atom. The molecule has 1 aliphatic heterocycles. The van der Waals surface area contributed by atoms with E-state index in [-0.39, 0.29) is 11.9 Å². The molecular weight excluding hydrogens is 302 g/mol. The van der Waals surface area contributed by atoms with Crippen LogP contribution in [0.15, 0.2) is 48.5 Å². The maximum Gasteiger partial charge on any atom is 0.270 e. The summed E-state index contributed by atoms with van der Waals surface area (Å²) in [4.78, 5) is 12.3. The van der Waals surface area contributed by atoms with Gasteiger partial charge in [-0.15, -0.1) is 0 Å². The molecule has 0 unspecified atom stereocenters. The molecule has 120 valence electrons. The summed E-state index contributed by atoms with van der Waals surface area (Å²) in [5, 5.41) is 10.3. The zero-order valence-electron chi connectivity index (χ0n) is 13.5. The van der Waals surface area contributed by atoms with Crippen molar-refractivity contribution in [1.82, 2.24) is 15.5 Å². The van der Waals surface area contributed by atoms with Crippen molar-refractivity contribution in [1.29, 1.82) is 0 Å². The number of amides is 1. The predicted octanol–water partition coefficient (Wildman–Crippen LogP) is 3.23. The minimum absolute atomic E-state index is 0.122. The Labute approximate surface area is 139 Å². The lowest BCUT2D eigenvalue weighted by atomic mass is 9.96. The molecule has 5 heteroatoms. The predicted molar refractivity (Wildman–Crippen MR) is 91.1 cm³/mol. The highest BCUT2D eigenvalue weighted by molar-refractivity contribution is 6.00. The average Bonchev–Trinajstić information content (AvgIpc) is 3.18. The van der Waals surface area contributed by atoms with Gasteiger partial charge >= 0.3 is 0 Å². The molecule has 2 aromatic carbocycles. The molecule has 4 rings (SSSR count). The first kappa shape index (κ1) is 14.5. The Balaban J connectivity index is 1.80. The van der Waals surface area contributed by atoms with Gasteiger partial charge in [0, 0.05) is 11.1 Å². The molecule has 0 fully saturated rings. The summed E-state index contributed by atoms with van der Waals surface area (Å²) in [6.07, 6.45) is 0. The molecule has 24 heavy (non-hydrogen) atoms. The molecule has 0 radical (unpaired) electrons. The number of rotatable bonds is 3. The summed E-state index contributed by atoms with van der Waals surface area (Å²) in [5.74, 6) is 0.665. The van der Waals surface area contributed by atoms with Crippen molar-refractivity contribution in [2.24, 2.45) is 0 Å². The topological polar surface area (TPSA) is 67.0 Å². The number of carbonyl (C=O) groups is 1. The molecule has 1 atom stereocenters. The molecule has 0 saturated heterocycles. The van der Waals surface area contributed by atoms with Crippen LogP contribution in [-0.4, -0.2) is 23.2 Å². The van der Waals surface area contributed by atoms with E-state index in [2.05, 4.69) is 15.5 Å². The maximum absolute atomic E-state index is 12.3. The van der Waals surface area contributed by atoms with E-state index in [1.165, 1.54) is 5.56 Å². The Morgan fingerprint density at radius 1 is 1.04 bits per heavy atom. The Kier molecular flexibility index (Phi) is 3.34. The van der Waals surface area contributed by atoms with Gasteiger partial charge in [0.1, 0.15) is 11.4 Å². The van der Waals surface area contributed by atoms with E-state index in [9.17, 15) is 4.79 Å². The zero-order chi connectivity index (χ0) is 16.7. The monoisotopic (exact) mass is 319 g/mol. The van der Waals surface area contributed by atoms with Crippen molar-refractivity contribution in [2.45, 2.75) is 13.0 Å². The molecule has 1 amide bonds. The second-order valence-corrected chi connectivity index (χ2v) is 5.91. The molecular formula is C19H17N3O2. The number of hydrogen-bond acceptors (Lipinski definition) is 3. The number of ether oxygens (including phenoxy) is 1. The number of aromatic nitrogens is 2. The standard InChI is InChI=1S/C19H17N3O2/c1-11-3-5-12(6-4-11)16-15-17(21-22-18(15)19(23)20-16)13-7-9-14(24-2)10-8-13/h3-10,16H,1-2H3,(H,20,23)(H,21,22)/t16-/m1/s1. The number of H-pyrrole nitrogens is 1. The number of nitrogens with zero attached hydrogens (tertiary/aromatic N) is 1.